The van der Waals surface area contributed by atoms with E-state index in [0.29, 0.717) is 0 Å². The third kappa shape index (κ3) is 4.36. The van der Waals surface area contributed by atoms with Crippen LogP contribution in [-0.2, 0) is 11.2 Å². The average Bonchev–Trinajstić information content (AvgIpc) is 2.34. The van der Waals surface area contributed by atoms with Gasteiger partial charge in [0.05, 0.1) is 0 Å². The first-order chi connectivity index (χ1) is 8.54. The van der Waals surface area contributed by atoms with Crippen LogP contribution < -0.4 is 0 Å². The van der Waals surface area contributed by atoms with E-state index >= 15 is 0 Å². The lowest BCUT2D eigenvalue weighted by Crippen LogP contribution is -2.06. The van der Waals surface area contributed by atoms with Gasteiger partial charge in [0.15, 0.2) is 5.78 Å². The Hall–Kier alpha value is -1.57. The van der Waals surface area contributed by atoms with E-state index in [1.807, 2.05) is 37.3 Å². The molecule has 1 rings (SSSR count). The van der Waals surface area contributed by atoms with Crippen LogP contribution in [0.1, 0.15) is 37.8 Å². The SMILES string of the molecule is CCCCc1ccc(/C(=C/N(C)C)C(C)=O)cc1. The molecule has 0 heterocycles. The van der Waals surface area contributed by atoms with E-state index in [9.17, 15) is 4.79 Å². The molecule has 0 radical (unpaired) electrons. The molecule has 0 bridgehead atoms. The summed E-state index contributed by atoms with van der Waals surface area (Å²) in [6.45, 7) is 3.81. The Labute approximate surface area is 110 Å². The fourth-order valence-electron chi connectivity index (χ4n) is 1.86. The zero-order chi connectivity index (χ0) is 13.5. The highest BCUT2D eigenvalue weighted by Crippen LogP contribution is 2.17. The number of unbranched alkanes of at least 4 members (excludes halogenated alkanes) is 1. The van der Waals surface area contributed by atoms with Gasteiger partial charge < -0.3 is 4.90 Å². The minimum atomic E-state index is 0.102. The summed E-state index contributed by atoms with van der Waals surface area (Å²) in [5, 5.41) is 0. The lowest BCUT2D eigenvalue weighted by atomic mass is 10.00. The third-order valence-corrected chi connectivity index (χ3v) is 2.85. The van der Waals surface area contributed by atoms with Crippen molar-refractivity contribution in [3.63, 3.8) is 0 Å². The summed E-state index contributed by atoms with van der Waals surface area (Å²) in [4.78, 5) is 13.5. The number of benzene rings is 1. The van der Waals surface area contributed by atoms with Crippen molar-refractivity contribution in [1.82, 2.24) is 4.90 Å². The number of carbonyl (C=O) groups is 1. The summed E-state index contributed by atoms with van der Waals surface area (Å²) < 4.78 is 0. The van der Waals surface area contributed by atoms with Crippen molar-refractivity contribution in [3.8, 4) is 0 Å². The van der Waals surface area contributed by atoms with Gasteiger partial charge in [-0.15, -0.1) is 0 Å². The van der Waals surface area contributed by atoms with Crippen molar-refractivity contribution in [2.75, 3.05) is 14.1 Å². The highest BCUT2D eigenvalue weighted by Gasteiger charge is 2.07. The topological polar surface area (TPSA) is 20.3 Å². The lowest BCUT2D eigenvalue weighted by Gasteiger charge is -2.10. The second-order valence-electron chi connectivity index (χ2n) is 4.86. The molecule has 0 aliphatic rings. The highest BCUT2D eigenvalue weighted by molar-refractivity contribution is 6.19. The number of nitrogens with zero attached hydrogens (tertiary/aromatic N) is 1. The molecule has 98 valence electrons. The first-order valence-corrected chi connectivity index (χ1v) is 6.53. The van der Waals surface area contributed by atoms with Crippen LogP contribution in [0.3, 0.4) is 0 Å². The monoisotopic (exact) mass is 245 g/mol. The normalized spacial score (nSPS) is 11.4. The van der Waals surface area contributed by atoms with Gasteiger partial charge in [0.2, 0.25) is 0 Å². The molecule has 1 aromatic carbocycles. The molecule has 2 nitrogen and oxygen atoms in total. The van der Waals surface area contributed by atoms with E-state index in [1.54, 1.807) is 6.92 Å². The van der Waals surface area contributed by atoms with Crippen LogP contribution in [0, 0.1) is 0 Å². The number of allylic oxidation sites excluding steroid dienone is 1. The average molecular weight is 245 g/mol. The molecule has 0 fully saturated rings. The maximum Gasteiger partial charge on any atom is 0.161 e. The number of ketones is 1. The third-order valence-electron chi connectivity index (χ3n) is 2.85. The smallest absolute Gasteiger partial charge is 0.161 e. The van der Waals surface area contributed by atoms with Gasteiger partial charge in [-0.05, 0) is 30.9 Å². The summed E-state index contributed by atoms with van der Waals surface area (Å²) >= 11 is 0. The van der Waals surface area contributed by atoms with Crippen molar-refractivity contribution >= 4 is 11.4 Å². The van der Waals surface area contributed by atoms with Gasteiger partial charge in [-0.25, -0.2) is 0 Å². The van der Waals surface area contributed by atoms with Crippen LogP contribution in [0.5, 0.6) is 0 Å². The van der Waals surface area contributed by atoms with Gasteiger partial charge in [0.25, 0.3) is 0 Å². The van der Waals surface area contributed by atoms with Crippen LogP contribution in [-0.4, -0.2) is 24.8 Å². The first kappa shape index (κ1) is 14.5. The molecule has 0 saturated heterocycles. The van der Waals surface area contributed by atoms with E-state index in [4.69, 9.17) is 0 Å². The standard InChI is InChI=1S/C16H23NO/c1-5-6-7-14-8-10-15(11-9-14)16(13(2)18)12-17(3)4/h8-12H,5-7H2,1-4H3/b16-12+. The fourth-order valence-corrected chi connectivity index (χ4v) is 1.86. The van der Waals surface area contributed by atoms with E-state index in [0.717, 1.165) is 17.6 Å². The van der Waals surface area contributed by atoms with Crippen LogP contribution in [0.4, 0.5) is 0 Å². The summed E-state index contributed by atoms with van der Waals surface area (Å²) in [7, 11) is 3.86. The van der Waals surface area contributed by atoms with Gasteiger partial charge in [0, 0.05) is 25.9 Å². The molecule has 0 spiro atoms. The van der Waals surface area contributed by atoms with E-state index < -0.39 is 0 Å². The molecule has 0 amide bonds. The number of rotatable bonds is 6. The Morgan fingerprint density at radius 1 is 1.22 bits per heavy atom. The molecule has 0 aliphatic heterocycles. The van der Waals surface area contributed by atoms with Crippen molar-refractivity contribution in [2.24, 2.45) is 0 Å². The second-order valence-corrected chi connectivity index (χ2v) is 4.86. The first-order valence-electron chi connectivity index (χ1n) is 6.53. The molecular formula is C16H23NO. The quantitative estimate of drug-likeness (QED) is 0.715. The molecular weight excluding hydrogens is 222 g/mol. The number of carbonyl (C=O) groups excluding carboxylic acids is 1. The second kappa shape index (κ2) is 7.00. The Bertz CT molecular complexity index is 415. The summed E-state index contributed by atoms with van der Waals surface area (Å²) in [6, 6.07) is 8.33. The zero-order valence-electron chi connectivity index (χ0n) is 11.9. The number of hydrogen-bond donors (Lipinski definition) is 0. The maximum atomic E-state index is 11.6. The largest absolute Gasteiger partial charge is 0.383 e. The maximum absolute atomic E-state index is 11.6. The number of aryl methyl sites for hydroxylation is 1. The van der Waals surface area contributed by atoms with Gasteiger partial charge in [-0.1, -0.05) is 37.6 Å². The molecule has 0 aliphatic carbocycles. The Kier molecular flexibility index (Phi) is 5.63. The molecule has 0 unspecified atom stereocenters. The molecule has 0 aromatic heterocycles. The molecule has 0 saturated carbocycles. The van der Waals surface area contributed by atoms with Crippen molar-refractivity contribution in [1.29, 1.82) is 0 Å². The Morgan fingerprint density at radius 2 is 1.83 bits per heavy atom. The Morgan fingerprint density at radius 3 is 2.28 bits per heavy atom. The Balaban J connectivity index is 2.91. The van der Waals surface area contributed by atoms with Crippen molar-refractivity contribution < 1.29 is 4.79 Å². The van der Waals surface area contributed by atoms with Crippen LogP contribution >= 0.6 is 0 Å². The summed E-state index contributed by atoms with van der Waals surface area (Å²) in [5.74, 6) is 0.102. The minimum Gasteiger partial charge on any atom is -0.383 e. The predicted octanol–water partition coefficient (Wildman–Crippen LogP) is 3.52. The molecule has 0 atom stereocenters. The van der Waals surface area contributed by atoms with E-state index in [-0.39, 0.29) is 5.78 Å². The molecule has 1 aromatic rings. The van der Waals surface area contributed by atoms with Gasteiger partial charge >= 0.3 is 0 Å². The predicted molar refractivity (Wildman–Crippen MR) is 77.4 cm³/mol. The van der Waals surface area contributed by atoms with E-state index in [2.05, 4.69) is 19.1 Å². The van der Waals surface area contributed by atoms with E-state index in [1.165, 1.54) is 18.4 Å². The summed E-state index contributed by atoms with van der Waals surface area (Å²) in [6.07, 6.45) is 5.42. The van der Waals surface area contributed by atoms with Gasteiger partial charge in [-0.2, -0.15) is 0 Å². The minimum absolute atomic E-state index is 0.102. The van der Waals surface area contributed by atoms with Crippen LogP contribution in [0.15, 0.2) is 30.5 Å². The van der Waals surface area contributed by atoms with Crippen molar-refractivity contribution in [3.05, 3.63) is 41.6 Å². The summed E-state index contributed by atoms with van der Waals surface area (Å²) in [5.41, 5.74) is 3.10. The molecule has 0 N–H and O–H groups in total. The van der Waals surface area contributed by atoms with Crippen LogP contribution in [0.2, 0.25) is 0 Å². The van der Waals surface area contributed by atoms with Crippen LogP contribution in [0.25, 0.3) is 5.57 Å². The van der Waals surface area contributed by atoms with Gasteiger partial charge in [-0.3, -0.25) is 4.79 Å². The fraction of sp³-hybridized carbons (Fsp3) is 0.438. The highest BCUT2D eigenvalue weighted by atomic mass is 16.1. The number of Topliss-reactive ketones (excluding diaryl/α,β-unsaturated/α-hetero) is 1. The molecule has 18 heavy (non-hydrogen) atoms. The van der Waals surface area contributed by atoms with Crippen molar-refractivity contribution in [2.45, 2.75) is 33.1 Å². The lowest BCUT2D eigenvalue weighted by molar-refractivity contribution is -0.111. The molecule has 2 heteroatoms. The van der Waals surface area contributed by atoms with Gasteiger partial charge in [0.1, 0.15) is 0 Å². The zero-order valence-corrected chi connectivity index (χ0v) is 11.9. The number of hydrogen-bond acceptors (Lipinski definition) is 2.